The van der Waals surface area contributed by atoms with Gasteiger partial charge in [0.15, 0.2) is 0 Å². The van der Waals surface area contributed by atoms with E-state index < -0.39 is 0 Å². The van der Waals surface area contributed by atoms with Gasteiger partial charge in [0.1, 0.15) is 0 Å². The molecule has 2 nitrogen and oxygen atoms in total. The highest BCUT2D eigenvalue weighted by Gasteiger charge is 2.51. The normalized spacial score (nSPS) is 31.8. The smallest absolute Gasteiger partial charge is 0.0664 e. The Bertz CT molecular complexity index is 163. The average molecular weight is 185 g/mol. The molecule has 1 aliphatic rings. The zero-order valence-electron chi connectivity index (χ0n) is 9.34. The summed E-state index contributed by atoms with van der Waals surface area (Å²) in [6.45, 7) is 8.64. The molecule has 0 aromatic heterocycles. The maximum absolute atomic E-state index is 6.06. The summed E-state index contributed by atoms with van der Waals surface area (Å²) in [5.74, 6) is 0. The minimum absolute atomic E-state index is 0.268. The molecular formula is C11H23NO. The summed E-state index contributed by atoms with van der Waals surface area (Å²) >= 11 is 0. The minimum Gasteiger partial charge on any atom is -0.375 e. The lowest BCUT2D eigenvalue weighted by Gasteiger charge is -2.54. The van der Waals surface area contributed by atoms with Crippen LogP contribution < -0.4 is 5.73 Å². The Morgan fingerprint density at radius 3 is 2.23 bits per heavy atom. The van der Waals surface area contributed by atoms with Gasteiger partial charge in [-0.25, -0.2) is 0 Å². The van der Waals surface area contributed by atoms with E-state index in [1.54, 1.807) is 0 Å². The van der Waals surface area contributed by atoms with E-state index in [1.165, 1.54) is 0 Å². The van der Waals surface area contributed by atoms with Crippen LogP contribution in [0.2, 0.25) is 0 Å². The van der Waals surface area contributed by atoms with E-state index in [4.69, 9.17) is 10.5 Å². The SMILES string of the molecule is CCC1(CC)C(N)CC1OC(C)C. The molecule has 2 N–H and O–H groups in total. The summed E-state index contributed by atoms with van der Waals surface area (Å²) < 4.78 is 5.87. The van der Waals surface area contributed by atoms with Gasteiger partial charge in [0, 0.05) is 11.5 Å². The lowest BCUT2D eigenvalue weighted by Crippen LogP contribution is -2.62. The first kappa shape index (κ1) is 11.0. The summed E-state index contributed by atoms with van der Waals surface area (Å²) in [5, 5.41) is 0. The van der Waals surface area contributed by atoms with E-state index in [9.17, 15) is 0 Å². The quantitative estimate of drug-likeness (QED) is 0.729. The van der Waals surface area contributed by atoms with Crippen LogP contribution in [0.5, 0.6) is 0 Å². The van der Waals surface area contributed by atoms with Gasteiger partial charge in [-0.15, -0.1) is 0 Å². The molecule has 0 aromatic rings. The molecule has 2 unspecified atom stereocenters. The first-order valence-corrected chi connectivity index (χ1v) is 5.47. The second-order valence-corrected chi connectivity index (χ2v) is 4.46. The lowest BCUT2D eigenvalue weighted by molar-refractivity contribution is -0.150. The van der Waals surface area contributed by atoms with Crippen molar-refractivity contribution in [2.45, 2.75) is 65.2 Å². The van der Waals surface area contributed by atoms with Crippen LogP contribution in [0, 0.1) is 5.41 Å². The fourth-order valence-corrected chi connectivity index (χ4v) is 2.53. The van der Waals surface area contributed by atoms with Gasteiger partial charge >= 0.3 is 0 Å². The molecule has 78 valence electrons. The molecule has 1 fully saturated rings. The van der Waals surface area contributed by atoms with Crippen molar-refractivity contribution in [1.82, 2.24) is 0 Å². The Balaban J connectivity index is 2.58. The number of nitrogens with two attached hydrogens (primary N) is 1. The van der Waals surface area contributed by atoms with Gasteiger partial charge in [-0.05, 0) is 33.1 Å². The van der Waals surface area contributed by atoms with Gasteiger partial charge in [-0.2, -0.15) is 0 Å². The fourth-order valence-electron chi connectivity index (χ4n) is 2.53. The van der Waals surface area contributed by atoms with Gasteiger partial charge < -0.3 is 10.5 Å². The van der Waals surface area contributed by atoms with Crippen molar-refractivity contribution in [2.24, 2.45) is 11.1 Å². The Kier molecular flexibility index (Phi) is 3.36. The van der Waals surface area contributed by atoms with Crippen LogP contribution in [0.1, 0.15) is 47.0 Å². The van der Waals surface area contributed by atoms with Crippen LogP contribution in [0.15, 0.2) is 0 Å². The molecule has 0 heterocycles. The van der Waals surface area contributed by atoms with E-state index in [1.807, 2.05) is 0 Å². The van der Waals surface area contributed by atoms with Crippen molar-refractivity contribution in [3.8, 4) is 0 Å². The molecule has 1 aliphatic carbocycles. The maximum atomic E-state index is 6.06. The molecule has 2 atom stereocenters. The summed E-state index contributed by atoms with van der Waals surface area (Å²) in [6.07, 6.45) is 4.05. The van der Waals surface area contributed by atoms with E-state index in [-0.39, 0.29) is 5.41 Å². The predicted molar refractivity (Wildman–Crippen MR) is 55.6 cm³/mol. The fraction of sp³-hybridized carbons (Fsp3) is 1.00. The highest BCUT2D eigenvalue weighted by molar-refractivity contribution is 5.05. The van der Waals surface area contributed by atoms with Crippen molar-refractivity contribution in [1.29, 1.82) is 0 Å². The van der Waals surface area contributed by atoms with Gasteiger partial charge in [0.05, 0.1) is 12.2 Å². The van der Waals surface area contributed by atoms with Crippen LogP contribution in [0.3, 0.4) is 0 Å². The highest BCUT2D eigenvalue weighted by atomic mass is 16.5. The summed E-state index contributed by atoms with van der Waals surface area (Å²) in [6, 6.07) is 0.353. The molecule has 0 radical (unpaired) electrons. The van der Waals surface area contributed by atoms with Crippen molar-refractivity contribution in [2.75, 3.05) is 0 Å². The number of hydrogen-bond donors (Lipinski definition) is 1. The monoisotopic (exact) mass is 185 g/mol. The molecule has 0 spiro atoms. The zero-order chi connectivity index (χ0) is 10.1. The molecule has 0 aromatic carbocycles. The third-order valence-corrected chi connectivity index (χ3v) is 3.60. The van der Waals surface area contributed by atoms with Crippen molar-refractivity contribution in [3.05, 3.63) is 0 Å². The second kappa shape index (κ2) is 3.97. The van der Waals surface area contributed by atoms with Crippen molar-refractivity contribution in [3.63, 3.8) is 0 Å². The average Bonchev–Trinajstić information content (AvgIpc) is 2.05. The van der Waals surface area contributed by atoms with Gasteiger partial charge in [-0.1, -0.05) is 13.8 Å². The van der Waals surface area contributed by atoms with Gasteiger partial charge in [0.25, 0.3) is 0 Å². The van der Waals surface area contributed by atoms with Crippen LogP contribution >= 0.6 is 0 Å². The van der Waals surface area contributed by atoms with E-state index in [0.29, 0.717) is 18.2 Å². The first-order chi connectivity index (χ1) is 6.06. The van der Waals surface area contributed by atoms with Gasteiger partial charge in [0.2, 0.25) is 0 Å². The zero-order valence-corrected chi connectivity index (χ0v) is 9.34. The van der Waals surface area contributed by atoms with E-state index >= 15 is 0 Å². The highest BCUT2D eigenvalue weighted by Crippen LogP contribution is 2.48. The minimum atomic E-state index is 0.268. The summed E-state index contributed by atoms with van der Waals surface area (Å²) in [7, 11) is 0. The molecule has 13 heavy (non-hydrogen) atoms. The second-order valence-electron chi connectivity index (χ2n) is 4.46. The lowest BCUT2D eigenvalue weighted by atomic mass is 9.59. The molecule has 1 saturated carbocycles. The van der Waals surface area contributed by atoms with Crippen LogP contribution in [0.4, 0.5) is 0 Å². The standard InChI is InChI=1S/C11H23NO/c1-5-11(6-2)9(12)7-10(11)13-8(3)4/h8-10H,5-7,12H2,1-4H3. The van der Waals surface area contributed by atoms with Gasteiger partial charge in [-0.3, -0.25) is 0 Å². The Morgan fingerprint density at radius 1 is 1.38 bits per heavy atom. The predicted octanol–water partition coefficient (Wildman–Crippen LogP) is 2.32. The topological polar surface area (TPSA) is 35.2 Å². The molecule has 2 heteroatoms. The summed E-state index contributed by atoms with van der Waals surface area (Å²) in [4.78, 5) is 0. The van der Waals surface area contributed by atoms with Crippen molar-refractivity contribution >= 4 is 0 Å². The number of rotatable bonds is 4. The summed E-state index contributed by atoms with van der Waals surface area (Å²) in [5.41, 5.74) is 6.33. The molecular weight excluding hydrogens is 162 g/mol. The largest absolute Gasteiger partial charge is 0.375 e. The Hall–Kier alpha value is -0.0800. The van der Waals surface area contributed by atoms with E-state index in [0.717, 1.165) is 19.3 Å². The van der Waals surface area contributed by atoms with Crippen molar-refractivity contribution < 1.29 is 4.74 Å². The Morgan fingerprint density at radius 2 is 1.92 bits per heavy atom. The Labute approximate surface area is 81.8 Å². The third-order valence-electron chi connectivity index (χ3n) is 3.60. The molecule has 0 bridgehead atoms. The van der Waals surface area contributed by atoms with Crippen LogP contribution in [-0.2, 0) is 4.74 Å². The molecule has 1 rings (SSSR count). The maximum Gasteiger partial charge on any atom is 0.0664 e. The number of ether oxygens (including phenoxy) is 1. The third kappa shape index (κ3) is 1.75. The van der Waals surface area contributed by atoms with Crippen LogP contribution in [-0.4, -0.2) is 18.2 Å². The first-order valence-electron chi connectivity index (χ1n) is 5.47. The molecule has 0 saturated heterocycles. The molecule has 0 amide bonds. The van der Waals surface area contributed by atoms with E-state index in [2.05, 4.69) is 27.7 Å². The molecule has 0 aliphatic heterocycles. The number of hydrogen-bond acceptors (Lipinski definition) is 2. The van der Waals surface area contributed by atoms with Crippen LogP contribution in [0.25, 0.3) is 0 Å².